The van der Waals surface area contributed by atoms with Crippen LogP contribution in [0.4, 0.5) is 16.2 Å². The second-order valence-electron chi connectivity index (χ2n) is 6.77. The minimum absolute atomic E-state index is 0.0380. The maximum Gasteiger partial charge on any atom is 0.322 e. The molecular weight excluding hydrogens is 390 g/mol. The van der Waals surface area contributed by atoms with Gasteiger partial charge in [0.1, 0.15) is 11.8 Å². The van der Waals surface area contributed by atoms with Crippen LogP contribution in [0.25, 0.3) is 11.4 Å². The normalized spacial score (nSPS) is 15.8. The van der Waals surface area contributed by atoms with Gasteiger partial charge in [0.15, 0.2) is 0 Å². The largest absolute Gasteiger partial charge is 0.497 e. The van der Waals surface area contributed by atoms with Crippen LogP contribution >= 0.6 is 0 Å². The zero-order valence-corrected chi connectivity index (χ0v) is 16.1. The highest BCUT2D eigenvalue weighted by atomic mass is 16.6. The zero-order valence-electron chi connectivity index (χ0n) is 16.1. The number of aromatic nitrogens is 2. The van der Waals surface area contributed by atoms with Gasteiger partial charge in [-0.25, -0.2) is 4.79 Å². The van der Waals surface area contributed by atoms with Crippen LogP contribution in [0.3, 0.4) is 0 Å². The molecule has 0 radical (unpaired) electrons. The predicted molar refractivity (Wildman–Crippen MR) is 107 cm³/mol. The number of amides is 2. The molecule has 10 nitrogen and oxygen atoms in total. The molecule has 2 amide bonds. The fourth-order valence-corrected chi connectivity index (χ4v) is 3.36. The fraction of sp³-hybridized carbons (Fsp3) is 0.250. The topological polar surface area (TPSA) is 124 Å². The van der Waals surface area contributed by atoms with E-state index in [4.69, 9.17) is 9.26 Å². The molecule has 1 N–H and O–H groups in total. The van der Waals surface area contributed by atoms with Gasteiger partial charge in [-0.05, 0) is 49.2 Å². The number of hydrogen-bond donors (Lipinski definition) is 1. The number of nitro groups is 1. The Bertz CT molecular complexity index is 1050. The lowest BCUT2D eigenvalue weighted by Crippen LogP contribution is -2.34. The van der Waals surface area contributed by atoms with Gasteiger partial charge in [-0.2, -0.15) is 4.98 Å². The van der Waals surface area contributed by atoms with Crippen molar-refractivity contribution < 1.29 is 19.0 Å². The summed E-state index contributed by atoms with van der Waals surface area (Å²) in [6, 6.07) is 12.3. The first-order chi connectivity index (χ1) is 14.5. The molecule has 0 aliphatic carbocycles. The number of benzene rings is 2. The van der Waals surface area contributed by atoms with E-state index in [1.165, 1.54) is 24.3 Å². The molecule has 0 spiro atoms. The molecule has 1 atom stereocenters. The summed E-state index contributed by atoms with van der Waals surface area (Å²) in [7, 11) is 1.60. The van der Waals surface area contributed by atoms with E-state index in [2.05, 4.69) is 15.5 Å². The Kier molecular flexibility index (Phi) is 5.29. The quantitative estimate of drug-likeness (QED) is 0.498. The SMILES string of the molecule is COc1ccc(-c2noc([C@@H]3CCCN3C(=O)Nc3ccc([N+](=O)[O-])cc3)n2)cc1. The van der Waals surface area contributed by atoms with Gasteiger partial charge >= 0.3 is 6.03 Å². The van der Waals surface area contributed by atoms with E-state index in [9.17, 15) is 14.9 Å². The summed E-state index contributed by atoms with van der Waals surface area (Å²) < 4.78 is 10.6. The average molecular weight is 409 g/mol. The summed E-state index contributed by atoms with van der Waals surface area (Å²) in [5.41, 5.74) is 1.22. The minimum atomic E-state index is -0.488. The van der Waals surface area contributed by atoms with Crippen LogP contribution in [0.2, 0.25) is 0 Å². The van der Waals surface area contributed by atoms with Crippen molar-refractivity contribution in [2.24, 2.45) is 0 Å². The molecule has 0 bridgehead atoms. The fourth-order valence-electron chi connectivity index (χ4n) is 3.36. The summed E-state index contributed by atoms with van der Waals surface area (Å²) in [5.74, 6) is 1.54. The Morgan fingerprint density at radius 2 is 1.97 bits per heavy atom. The monoisotopic (exact) mass is 409 g/mol. The van der Waals surface area contributed by atoms with Gasteiger partial charge in [-0.3, -0.25) is 10.1 Å². The van der Waals surface area contributed by atoms with Crippen molar-refractivity contribution in [3.63, 3.8) is 0 Å². The van der Waals surface area contributed by atoms with Crippen LogP contribution in [0.5, 0.6) is 5.75 Å². The first-order valence-electron chi connectivity index (χ1n) is 9.35. The van der Waals surface area contributed by atoms with Crippen molar-refractivity contribution in [2.75, 3.05) is 19.0 Å². The van der Waals surface area contributed by atoms with Crippen LogP contribution in [-0.2, 0) is 0 Å². The second-order valence-corrected chi connectivity index (χ2v) is 6.77. The molecule has 1 fully saturated rings. The number of likely N-dealkylation sites (tertiary alicyclic amines) is 1. The van der Waals surface area contributed by atoms with Gasteiger partial charge in [0.2, 0.25) is 11.7 Å². The van der Waals surface area contributed by atoms with E-state index < -0.39 is 4.92 Å². The van der Waals surface area contributed by atoms with E-state index >= 15 is 0 Å². The Morgan fingerprint density at radius 3 is 2.63 bits per heavy atom. The van der Waals surface area contributed by atoms with Gasteiger partial charge in [-0.1, -0.05) is 5.16 Å². The number of anilines is 1. The van der Waals surface area contributed by atoms with Gasteiger partial charge in [0.25, 0.3) is 5.69 Å². The number of non-ortho nitro benzene ring substituents is 1. The van der Waals surface area contributed by atoms with E-state index in [0.29, 0.717) is 30.4 Å². The van der Waals surface area contributed by atoms with Crippen LogP contribution in [0, 0.1) is 10.1 Å². The highest BCUT2D eigenvalue weighted by molar-refractivity contribution is 5.89. The molecular formula is C20H19N5O5. The Morgan fingerprint density at radius 1 is 1.23 bits per heavy atom. The summed E-state index contributed by atoms with van der Waals surface area (Å²) in [4.78, 5) is 29.1. The molecule has 10 heteroatoms. The number of ether oxygens (including phenoxy) is 1. The number of carbonyl (C=O) groups is 1. The molecule has 30 heavy (non-hydrogen) atoms. The summed E-state index contributed by atoms with van der Waals surface area (Å²) in [5, 5.41) is 17.6. The first-order valence-corrected chi connectivity index (χ1v) is 9.35. The number of nitro benzene ring substituents is 1. The standard InChI is InChI=1S/C20H19N5O5/c1-29-16-10-4-13(5-11-16)18-22-19(30-23-18)17-3-2-12-24(17)20(26)21-14-6-8-15(9-7-14)25(27)28/h4-11,17H,2-3,12H2,1H3,(H,21,26)/t17-/m0/s1. The molecule has 3 aromatic rings. The molecule has 1 aliphatic rings. The van der Waals surface area contributed by atoms with Gasteiger partial charge in [0.05, 0.1) is 12.0 Å². The Labute approximate surface area is 171 Å². The third kappa shape index (κ3) is 3.93. The van der Waals surface area contributed by atoms with Crippen molar-refractivity contribution in [1.82, 2.24) is 15.0 Å². The number of hydrogen-bond acceptors (Lipinski definition) is 7. The lowest BCUT2D eigenvalue weighted by molar-refractivity contribution is -0.384. The lowest BCUT2D eigenvalue weighted by atomic mass is 10.2. The number of rotatable bonds is 5. The molecule has 2 aromatic carbocycles. The van der Waals surface area contributed by atoms with Crippen LogP contribution < -0.4 is 10.1 Å². The second kappa shape index (κ2) is 8.19. The van der Waals surface area contributed by atoms with Gasteiger partial charge in [-0.15, -0.1) is 0 Å². The first kappa shape index (κ1) is 19.4. The molecule has 1 saturated heterocycles. The molecule has 0 saturated carbocycles. The van der Waals surface area contributed by atoms with Gasteiger partial charge in [0, 0.05) is 29.9 Å². The lowest BCUT2D eigenvalue weighted by Gasteiger charge is -2.22. The molecule has 4 rings (SSSR count). The Hall–Kier alpha value is -3.95. The predicted octanol–water partition coefficient (Wildman–Crippen LogP) is 4.02. The summed E-state index contributed by atoms with van der Waals surface area (Å²) in [6.45, 7) is 0.545. The van der Waals surface area contributed by atoms with E-state index in [1.807, 2.05) is 24.3 Å². The van der Waals surface area contributed by atoms with Crippen LogP contribution in [0.1, 0.15) is 24.8 Å². The van der Waals surface area contributed by atoms with Crippen molar-refractivity contribution >= 4 is 17.4 Å². The smallest absolute Gasteiger partial charge is 0.322 e. The minimum Gasteiger partial charge on any atom is -0.497 e. The molecule has 1 aliphatic heterocycles. The van der Waals surface area contributed by atoms with Crippen LogP contribution in [-0.4, -0.2) is 39.6 Å². The number of nitrogens with one attached hydrogen (secondary N) is 1. The van der Waals surface area contributed by atoms with E-state index in [1.54, 1.807) is 12.0 Å². The Balaban J connectivity index is 1.47. The third-order valence-electron chi connectivity index (χ3n) is 4.92. The molecule has 1 aromatic heterocycles. The van der Waals surface area contributed by atoms with Crippen molar-refractivity contribution in [3.05, 3.63) is 64.5 Å². The van der Waals surface area contributed by atoms with Crippen molar-refractivity contribution in [3.8, 4) is 17.1 Å². The number of urea groups is 1. The van der Waals surface area contributed by atoms with E-state index in [0.717, 1.165) is 17.7 Å². The number of carbonyl (C=O) groups excluding carboxylic acids is 1. The zero-order chi connectivity index (χ0) is 21.1. The molecule has 0 unspecified atom stereocenters. The van der Waals surface area contributed by atoms with Gasteiger partial charge < -0.3 is 19.5 Å². The maximum absolute atomic E-state index is 12.7. The highest BCUT2D eigenvalue weighted by Crippen LogP contribution is 2.33. The van der Waals surface area contributed by atoms with Crippen molar-refractivity contribution in [1.29, 1.82) is 0 Å². The molecule has 2 heterocycles. The third-order valence-corrected chi connectivity index (χ3v) is 4.92. The summed E-state index contributed by atoms with van der Waals surface area (Å²) in [6.07, 6.45) is 1.51. The number of methoxy groups -OCH3 is 1. The van der Waals surface area contributed by atoms with Crippen LogP contribution in [0.15, 0.2) is 53.1 Å². The van der Waals surface area contributed by atoms with E-state index in [-0.39, 0.29) is 17.8 Å². The summed E-state index contributed by atoms with van der Waals surface area (Å²) >= 11 is 0. The average Bonchev–Trinajstić information content (AvgIpc) is 3.44. The molecule has 154 valence electrons. The number of nitrogens with zero attached hydrogens (tertiary/aromatic N) is 4. The van der Waals surface area contributed by atoms with Crippen molar-refractivity contribution in [2.45, 2.75) is 18.9 Å². The maximum atomic E-state index is 12.7. The highest BCUT2D eigenvalue weighted by Gasteiger charge is 2.34.